The average Bonchev–Trinajstić information content (AvgIpc) is 2.67. The van der Waals surface area contributed by atoms with Gasteiger partial charge in [-0.15, -0.1) is 0 Å². The molecule has 1 atom stereocenters. The Balaban J connectivity index is 1.63. The Morgan fingerprint density at radius 3 is 2.72 bits per heavy atom. The molecule has 2 heterocycles. The number of hydrogen-bond acceptors (Lipinski definition) is 6. The van der Waals surface area contributed by atoms with Gasteiger partial charge in [-0.05, 0) is 5.56 Å². The van der Waals surface area contributed by atoms with Gasteiger partial charge in [0.2, 0.25) is 5.88 Å². The number of aromatic nitrogens is 2. The van der Waals surface area contributed by atoms with Gasteiger partial charge in [0.05, 0.1) is 31.1 Å². The molecule has 0 spiro atoms. The number of methoxy groups -OCH3 is 1. The highest BCUT2D eigenvalue weighted by molar-refractivity contribution is 5.87. The second kappa shape index (κ2) is 7.74. The van der Waals surface area contributed by atoms with Crippen LogP contribution in [0.25, 0.3) is 0 Å². The molecule has 7 heteroatoms. The van der Waals surface area contributed by atoms with Crippen LogP contribution < -0.4 is 4.74 Å². The Hall–Kier alpha value is -2.96. The van der Waals surface area contributed by atoms with E-state index in [4.69, 9.17) is 9.47 Å². The number of amides is 1. The minimum absolute atomic E-state index is 0.0478. The number of piperidine rings is 1. The van der Waals surface area contributed by atoms with Gasteiger partial charge in [0.1, 0.15) is 12.4 Å². The molecule has 0 saturated carbocycles. The van der Waals surface area contributed by atoms with Crippen LogP contribution in [0.1, 0.15) is 23.6 Å². The highest BCUT2D eigenvalue weighted by Crippen LogP contribution is 2.23. The first-order valence-electron chi connectivity index (χ1n) is 8.01. The van der Waals surface area contributed by atoms with Crippen molar-refractivity contribution in [3.8, 4) is 5.88 Å². The van der Waals surface area contributed by atoms with Crippen LogP contribution in [-0.4, -0.2) is 46.9 Å². The Bertz CT molecular complexity index is 734. The van der Waals surface area contributed by atoms with Crippen molar-refractivity contribution in [2.45, 2.75) is 18.9 Å². The number of nitrogens with zero attached hydrogens (tertiary/aromatic N) is 3. The SMILES string of the molecule is COc1cnc(C2CN(C(=O)OCc3ccccc3)CCC2=O)cn1. The van der Waals surface area contributed by atoms with Gasteiger partial charge < -0.3 is 14.4 Å². The number of benzene rings is 1. The first-order chi connectivity index (χ1) is 12.2. The lowest BCUT2D eigenvalue weighted by atomic mass is 9.94. The van der Waals surface area contributed by atoms with Crippen molar-refractivity contribution < 1.29 is 19.1 Å². The number of rotatable bonds is 4. The van der Waals surface area contributed by atoms with Gasteiger partial charge in [0, 0.05) is 19.5 Å². The number of hydrogen-bond donors (Lipinski definition) is 0. The maximum atomic E-state index is 12.3. The van der Waals surface area contributed by atoms with Gasteiger partial charge >= 0.3 is 6.09 Å². The summed E-state index contributed by atoms with van der Waals surface area (Å²) in [5.41, 5.74) is 1.45. The smallest absolute Gasteiger partial charge is 0.410 e. The summed E-state index contributed by atoms with van der Waals surface area (Å²) in [6.45, 7) is 0.803. The largest absolute Gasteiger partial charge is 0.480 e. The van der Waals surface area contributed by atoms with Crippen LogP contribution in [0.5, 0.6) is 5.88 Å². The van der Waals surface area contributed by atoms with Crippen LogP contribution >= 0.6 is 0 Å². The minimum atomic E-state index is -0.489. The summed E-state index contributed by atoms with van der Waals surface area (Å²) in [7, 11) is 1.50. The minimum Gasteiger partial charge on any atom is -0.480 e. The molecule has 0 N–H and O–H groups in total. The molecule has 3 rings (SSSR count). The van der Waals surface area contributed by atoms with E-state index in [1.807, 2.05) is 30.3 Å². The first-order valence-corrected chi connectivity index (χ1v) is 8.01. The maximum Gasteiger partial charge on any atom is 0.410 e. The van der Waals surface area contributed by atoms with Crippen molar-refractivity contribution >= 4 is 11.9 Å². The van der Waals surface area contributed by atoms with Crippen molar-refractivity contribution in [1.82, 2.24) is 14.9 Å². The number of carbonyl (C=O) groups excluding carboxylic acids is 2. The Morgan fingerprint density at radius 2 is 2.04 bits per heavy atom. The summed E-state index contributed by atoms with van der Waals surface area (Å²) in [6.07, 6.45) is 2.83. The second-order valence-corrected chi connectivity index (χ2v) is 5.74. The lowest BCUT2D eigenvalue weighted by molar-refractivity contribution is -0.123. The van der Waals surface area contributed by atoms with Crippen LogP contribution in [0.2, 0.25) is 0 Å². The van der Waals surface area contributed by atoms with E-state index in [0.717, 1.165) is 5.56 Å². The number of ketones is 1. The molecule has 1 aliphatic heterocycles. The molecular formula is C18H19N3O4. The van der Waals surface area contributed by atoms with E-state index in [1.165, 1.54) is 19.5 Å². The number of ether oxygens (including phenoxy) is 2. The van der Waals surface area contributed by atoms with E-state index in [-0.39, 0.29) is 25.4 Å². The zero-order valence-corrected chi connectivity index (χ0v) is 13.9. The molecular weight excluding hydrogens is 322 g/mol. The third-order valence-electron chi connectivity index (χ3n) is 4.10. The third kappa shape index (κ3) is 4.12. The molecule has 1 unspecified atom stereocenters. The Morgan fingerprint density at radius 1 is 1.24 bits per heavy atom. The van der Waals surface area contributed by atoms with Gasteiger partial charge in [0.25, 0.3) is 0 Å². The second-order valence-electron chi connectivity index (χ2n) is 5.74. The summed E-state index contributed by atoms with van der Waals surface area (Å²) in [4.78, 5) is 34.4. The van der Waals surface area contributed by atoms with Crippen LogP contribution in [-0.2, 0) is 16.1 Å². The van der Waals surface area contributed by atoms with Crippen LogP contribution in [0, 0.1) is 0 Å². The number of Topliss-reactive ketones (excluding diaryl/α,β-unsaturated/α-hetero) is 1. The highest BCUT2D eigenvalue weighted by atomic mass is 16.6. The predicted molar refractivity (Wildman–Crippen MR) is 89.1 cm³/mol. The van der Waals surface area contributed by atoms with Gasteiger partial charge in [0.15, 0.2) is 0 Å². The molecule has 0 radical (unpaired) electrons. The predicted octanol–water partition coefficient (Wildman–Crippen LogP) is 2.18. The Labute approximate surface area is 145 Å². The fourth-order valence-electron chi connectivity index (χ4n) is 2.68. The normalized spacial score (nSPS) is 17.2. The topological polar surface area (TPSA) is 81.6 Å². The molecule has 0 bridgehead atoms. The van der Waals surface area contributed by atoms with Crippen molar-refractivity contribution in [2.75, 3.05) is 20.2 Å². The molecule has 1 aliphatic rings. The number of likely N-dealkylation sites (tertiary alicyclic amines) is 1. The molecule has 1 saturated heterocycles. The fraction of sp³-hybridized carbons (Fsp3) is 0.333. The van der Waals surface area contributed by atoms with Crippen LogP contribution in [0.4, 0.5) is 4.79 Å². The summed E-state index contributed by atoms with van der Waals surface area (Å²) in [5, 5.41) is 0. The van der Waals surface area contributed by atoms with Crippen LogP contribution in [0.15, 0.2) is 42.7 Å². The van der Waals surface area contributed by atoms with Gasteiger partial charge in [-0.25, -0.2) is 9.78 Å². The van der Waals surface area contributed by atoms with Gasteiger partial charge in [-0.2, -0.15) is 0 Å². The van der Waals surface area contributed by atoms with Gasteiger partial charge in [-0.1, -0.05) is 30.3 Å². The third-order valence-corrected chi connectivity index (χ3v) is 4.10. The number of carbonyl (C=O) groups is 2. The average molecular weight is 341 g/mol. The summed E-state index contributed by atoms with van der Waals surface area (Å²) < 4.78 is 10.3. The lowest BCUT2D eigenvalue weighted by Crippen LogP contribution is -2.43. The maximum absolute atomic E-state index is 12.3. The highest BCUT2D eigenvalue weighted by Gasteiger charge is 2.32. The molecule has 130 valence electrons. The van der Waals surface area contributed by atoms with E-state index in [1.54, 1.807) is 4.90 Å². The zero-order valence-electron chi connectivity index (χ0n) is 13.9. The molecule has 2 aromatic rings. The van der Waals surface area contributed by atoms with E-state index in [9.17, 15) is 9.59 Å². The van der Waals surface area contributed by atoms with E-state index in [2.05, 4.69) is 9.97 Å². The van der Waals surface area contributed by atoms with Gasteiger partial charge in [-0.3, -0.25) is 9.78 Å². The molecule has 7 nitrogen and oxygen atoms in total. The molecule has 1 amide bonds. The van der Waals surface area contributed by atoms with E-state index >= 15 is 0 Å². The van der Waals surface area contributed by atoms with Crippen molar-refractivity contribution in [3.05, 3.63) is 54.0 Å². The molecule has 25 heavy (non-hydrogen) atoms. The van der Waals surface area contributed by atoms with Crippen molar-refractivity contribution in [3.63, 3.8) is 0 Å². The lowest BCUT2D eigenvalue weighted by Gasteiger charge is -2.30. The van der Waals surface area contributed by atoms with E-state index < -0.39 is 12.0 Å². The monoisotopic (exact) mass is 341 g/mol. The zero-order chi connectivity index (χ0) is 17.6. The summed E-state index contributed by atoms with van der Waals surface area (Å²) in [5.74, 6) is -0.0610. The molecule has 1 fully saturated rings. The fourth-order valence-corrected chi connectivity index (χ4v) is 2.68. The van der Waals surface area contributed by atoms with E-state index in [0.29, 0.717) is 18.1 Å². The van der Waals surface area contributed by atoms with Crippen LogP contribution in [0.3, 0.4) is 0 Å². The summed E-state index contributed by atoms with van der Waals surface area (Å²) in [6, 6.07) is 9.47. The Kier molecular flexibility index (Phi) is 5.23. The summed E-state index contributed by atoms with van der Waals surface area (Å²) >= 11 is 0. The molecule has 0 aliphatic carbocycles. The quantitative estimate of drug-likeness (QED) is 0.848. The molecule has 1 aromatic heterocycles. The molecule has 1 aromatic carbocycles. The van der Waals surface area contributed by atoms with Crippen molar-refractivity contribution in [2.24, 2.45) is 0 Å². The standard InChI is InChI=1S/C18H19N3O4/c1-24-17-10-19-15(9-20-17)14-11-21(8-7-16(14)22)18(23)25-12-13-5-3-2-4-6-13/h2-6,9-10,14H,7-8,11-12H2,1H3. The first kappa shape index (κ1) is 16.9. The van der Waals surface area contributed by atoms with Crippen molar-refractivity contribution in [1.29, 1.82) is 0 Å².